The van der Waals surface area contributed by atoms with Gasteiger partial charge in [0.15, 0.2) is 11.0 Å². The van der Waals surface area contributed by atoms with Crippen molar-refractivity contribution in [2.24, 2.45) is 0 Å². The number of amides is 1. The number of thioether (sulfide) groups is 1. The van der Waals surface area contributed by atoms with Crippen LogP contribution in [0.1, 0.15) is 43.2 Å². The number of aryl methyl sites for hydroxylation is 2. The summed E-state index contributed by atoms with van der Waals surface area (Å²) < 4.78 is 2.03. The molecular formula is C23H27N5OS. The van der Waals surface area contributed by atoms with Crippen LogP contribution in [-0.2, 0) is 4.79 Å². The summed E-state index contributed by atoms with van der Waals surface area (Å²) in [6.07, 6.45) is 9.37. The Labute approximate surface area is 181 Å². The lowest BCUT2D eigenvalue weighted by molar-refractivity contribution is -0.119. The Morgan fingerprint density at radius 1 is 1.17 bits per heavy atom. The highest BCUT2D eigenvalue weighted by atomic mass is 32.2. The van der Waals surface area contributed by atoms with E-state index in [4.69, 9.17) is 0 Å². The van der Waals surface area contributed by atoms with Crippen molar-refractivity contribution in [3.63, 3.8) is 0 Å². The lowest BCUT2D eigenvalue weighted by Crippen LogP contribution is -2.37. The maximum Gasteiger partial charge on any atom is 0.230 e. The monoisotopic (exact) mass is 421 g/mol. The molecule has 2 aromatic heterocycles. The Balaban J connectivity index is 1.59. The molecule has 30 heavy (non-hydrogen) atoms. The van der Waals surface area contributed by atoms with E-state index in [1.807, 2.05) is 16.7 Å². The maximum atomic E-state index is 12.5. The van der Waals surface area contributed by atoms with Crippen LogP contribution in [0.2, 0.25) is 0 Å². The summed E-state index contributed by atoms with van der Waals surface area (Å²) in [6, 6.07) is 10.5. The van der Waals surface area contributed by atoms with Crippen LogP contribution in [0.4, 0.5) is 0 Å². The van der Waals surface area contributed by atoms with E-state index >= 15 is 0 Å². The molecule has 0 spiro atoms. The molecule has 3 aromatic rings. The van der Waals surface area contributed by atoms with Gasteiger partial charge in [-0.2, -0.15) is 0 Å². The molecule has 4 rings (SSSR count). The Kier molecular flexibility index (Phi) is 6.47. The minimum absolute atomic E-state index is 0.0602. The number of rotatable bonds is 6. The van der Waals surface area contributed by atoms with Gasteiger partial charge in [-0.05, 0) is 50.5 Å². The molecule has 0 bridgehead atoms. The van der Waals surface area contributed by atoms with Crippen LogP contribution in [0.15, 0.2) is 47.9 Å². The highest BCUT2D eigenvalue weighted by Gasteiger charge is 2.20. The number of nitrogens with one attached hydrogen (secondary N) is 1. The van der Waals surface area contributed by atoms with Crippen molar-refractivity contribution in [1.29, 1.82) is 0 Å². The van der Waals surface area contributed by atoms with Gasteiger partial charge in [-0.15, -0.1) is 10.2 Å². The van der Waals surface area contributed by atoms with Crippen molar-refractivity contribution in [1.82, 2.24) is 25.1 Å². The molecule has 6 nitrogen and oxygen atoms in total. The number of nitrogens with zero attached hydrogens (tertiary/aromatic N) is 4. The molecule has 1 saturated carbocycles. The van der Waals surface area contributed by atoms with Gasteiger partial charge in [0.25, 0.3) is 0 Å². The molecule has 1 aliphatic carbocycles. The first-order valence-electron chi connectivity index (χ1n) is 10.5. The molecule has 2 heterocycles. The second kappa shape index (κ2) is 9.43. The average Bonchev–Trinajstić information content (AvgIpc) is 3.17. The van der Waals surface area contributed by atoms with E-state index in [1.54, 1.807) is 12.4 Å². The Hall–Kier alpha value is -2.67. The number of carbonyl (C=O) groups excluding carboxylic acids is 1. The van der Waals surface area contributed by atoms with E-state index in [9.17, 15) is 4.79 Å². The maximum absolute atomic E-state index is 12.5. The van der Waals surface area contributed by atoms with Crippen LogP contribution in [-0.4, -0.2) is 37.5 Å². The van der Waals surface area contributed by atoms with Crippen molar-refractivity contribution >= 4 is 17.7 Å². The largest absolute Gasteiger partial charge is 0.353 e. The van der Waals surface area contributed by atoms with E-state index < -0.39 is 0 Å². The molecule has 0 saturated heterocycles. The Morgan fingerprint density at radius 3 is 2.73 bits per heavy atom. The molecule has 156 valence electrons. The summed E-state index contributed by atoms with van der Waals surface area (Å²) in [5.74, 6) is 1.11. The van der Waals surface area contributed by atoms with Gasteiger partial charge in [0.05, 0.1) is 11.4 Å². The van der Waals surface area contributed by atoms with Gasteiger partial charge in [-0.1, -0.05) is 48.7 Å². The molecule has 1 aliphatic rings. The normalized spacial score (nSPS) is 14.6. The molecule has 0 unspecified atom stereocenters. The predicted octanol–water partition coefficient (Wildman–Crippen LogP) is 4.49. The topological polar surface area (TPSA) is 72.7 Å². The zero-order chi connectivity index (χ0) is 20.9. The molecule has 0 atom stereocenters. The fourth-order valence-electron chi connectivity index (χ4n) is 3.97. The fraction of sp³-hybridized carbons (Fsp3) is 0.391. The van der Waals surface area contributed by atoms with E-state index in [1.165, 1.54) is 36.6 Å². The summed E-state index contributed by atoms with van der Waals surface area (Å²) in [5.41, 5.74) is 4.24. The van der Waals surface area contributed by atoms with Gasteiger partial charge in [0, 0.05) is 24.0 Å². The van der Waals surface area contributed by atoms with E-state index in [0.29, 0.717) is 17.0 Å². The lowest BCUT2D eigenvalue weighted by atomic mass is 9.95. The van der Waals surface area contributed by atoms with Crippen molar-refractivity contribution < 1.29 is 4.79 Å². The van der Waals surface area contributed by atoms with Crippen molar-refractivity contribution in [3.05, 3.63) is 53.9 Å². The average molecular weight is 422 g/mol. The van der Waals surface area contributed by atoms with E-state index in [0.717, 1.165) is 35.5 Å². The summed E-state index contributed by atoms with van der Waals surface area (Å²) in [5, 5.41) is 12.7. The zero-order valence-electron chi connectivity index (χ0n) is 17.5. The van der Waals surface area contributed by atoms with Gasteiger partial charge in [-0.3, -0.25) is 14.3 Å². The third kappa shape index (κ3) is 4.73. The number of hydrogen-bond donors (Lipinski definition) is 1. The molecule has 1 N–H and O–H groups in total. The highest BCUT2D eigenvalue weighted by molar-refractivity contribution is 7.99. The van der Waals surface area contributed by atoms with Crippen molar-refractivity contribution in [2.75, 3.05) is 5.75 Å². The number of benzene rings is 1. The van der Waals surface area contributed by atoms with Crippen molar-refractivity contribution in [3.8, 4) is 17.1 Å². The van der Waals surface area contributed by atoms with Gasteiger partial charge >= 0.3 is 0 Å². The van der Waals surface area contributed by atoms with Crippen LogP contribution in [0.3, 0.4) is 0 Å². The van der Waals surface area contributed by atoms with E-state index in [-0.39, 0.29) is 5.91 Å². The van der Waals surface area contributed by atoms with Gasteiger partial charge in [-0.25, -0.2) is 0 Å². The molecule has 0 radical (unpaired) electrons. The first-order chi connectivity index (χ1) is 14.6. The third-order valence-corrected chi connectivity index (χ3v) is 6.38. The zero-order valence-corrected chi connectivity index (χ0v) is 18.3. The molecule has 7 heteroatoms. The lowest BCUT2D eigenvalue weighted by Gasteiger charge is -2.22. The predicted molar refractivity (Wildman–Crippen MR) is 120 cm³/mol. The Morgan fingerprint density at radius 2 is 2.00 bits per heavy atom. The smallest absolute Gasteiger partial charge is 0.230 e. The molecule has 1 amide bonds. The second-order valence-electron chi connectivity index (χ2n) is 7.86. The summed E-state index contributed by atoms with van der Waals surface area (Å²) >= 11 is 1.42. The summed E-state index contributed by atoms with van der Waals surface area (Å²) in [7, 11) is 0. The van der Waals surface area contributed by atoms with Gasteiger partial charge in [0.1, 0.15) is 0 Å². The van der Waals surface area contributed by atoms with Crippen LogP contribution in [0, 0.1) is 13.8 Å². The molecule has 1 aromatic carbocycles. The minimum atomic E-state index is 0.0602. The van der Waals surface area contributed by atoms with E-state index in [2.05, 4.69) is 52.5 Å². The highest BCUT2D eigenvalue weighted by Crippen LogP contribution is 2.29. The quantitative estimate of drug-likeness (QED) is 0.594. The summed E-state index contributed by atoms with van der Waals surface area (Å²) in [6.45, 7) is 4.16. The number of carbonyl (C=O) groups is 1. The SMILES string of the molecule is Cc1ccc(-n2c(SCC(=O)NC3CCCCC3)nnc2-c2cccnc2)c(C)c1. The molecule has 1 fully saturated rings. The number of aromatic nitrogens is 4. The third-order valence-electron chi connectivity index (χ3n) is 5.45. The minimum Gasteiger partial charge on any atom is -0.353 e. The first kappa shape index (κ1) is 20.6. The molecule has 0 aliphatic heterocycles. The van der Waals surface area contributed by atoms with Gasteiger partial charge in [0.2, 0.25) is 5.91 Å². The number of hydrogen-bond acceptors (Lipinski definition) is 5. The van der Waals surface area contributed by atoms with Crippen molar-refractivity contribution in [2.45, 2.75) is 57.1 Å². The van der Waals surface area contributed by atoms with Crippen LogP contribution in [0.5, 0.6) is 0 Å². The standard InChI is InChI=1S/C23H27N5OS/c1-16-10-11-20(17(2)13-16)28-22(18-7-6-12-24-14-18)26-27-23(28)30-15-21(29)25-19-8-4-3-5-9-19/h6-7,10-14,19H,3-5,8-9,15H2,1-2H3,(H,25,29). The molecular weight excluding hydrogens is 394 g/mol. The van der Waals surface area contributed by atoms with Crippen LogP contribution >= 0.6 is 11.8 Å². The summed E-state index contributed by atoms with van der Waals surface area (Å²) in [4.78, 5) is 16.8. The number of pyridine rings is 1. The first-order valence-corrected chi connectivity index (χ1v) is 11.5. The van der Waals surface area contributed by atoms with Crippen LogP contribution < -0.4 is 5.32 Å². The second-order valence-corrected chi connectivity index (χ2v) is 8.81. The van der Waals surface area contributed by atoms with Crippen LogP contribution in [0.25, 0.3) is 17.1 Å². The fourth-order valence-corrected chi connectivity index (χ4v) is 4.72. The Bertz CT molecular complexity index is 1010. The van der Waals surface area contributed by atoms with Gasteiger partial charge < -0.3 is 5.32 Å².